The molecule has 1 amide bonds. The maximum atomic E-state index is 10.9. The summed E-state index contributed by atoms with van der Waals surface area (Å²) in [5.41, 5.74) is 5.54. The number of benzene rings is 1. The number of anilines is 1. The fourth-order valence-corrected chi connectivity index (χ4v) is 1.41. The summed E-state index contributed by atoms with van der Waals surface area (Å²) in [6.07, 6.45) is 2.05. The second-order valence-corrected chi connectivity index (χ2v) is 3.77. The average molecular weight is 221 g/mol. The Morgan fingerprint density at radius 3 is 2.69 bits per heavy atom. The van der Waals surface area contributed by atoms with Crippen LogP contribution >= 0.6 is 0 Å². The lowest BCUT2D eigenvalue weighted by Gasteiger charge is -2.06. The Morgan fingerprint density at radius 2 is 2.19 bits per heavy atom. The molecule has 6 nitrogen and oxygen atoms in total. The lowest BCUT2D eigenvalue weighted by Crippen LogP contribution is -2.12. The monoisotopic (exact) mass is 221 g/mol. The highest BCUT2D eigenvalue weighted by molar-refractivity contribution is 5.94. The molecule has 16 heavy (non-hydrogen) atoms. The summed E-state index contributed by atoms with van der Waals surface area (Å²) in [6, 6.07) is 4.53. The third-order valence-corrected chi connectivity index (χ3v) is 2.42. The normalized spacial score (nSPS) is 14.5. The minimum Gasteiger partial charge on any atom is -0.377 e. The van der Waals surface area contributed by atoms with Crippen LogP contribution in [-0.4, -0.2) is 16.9 Å². The van der Waals surface area contributed by atoms with Gasteiger partial charge in [0.25, 0.3) is 5.69 Å². The van der Waals surface area contributed by atoms with Crippen LogP contribution in [-0.2, 0) is 0 Å². The van der Waals surface area contributed by atoms with Crippen LogP contribution in [0.15, 0.2) is 18.2 Å². The summed E-state index contributed by atoms with van der Waals surface area (Å²) in [6.45, 7) is 0. The van der Waals surface area contributed by atoms with E-state index in [1.807, 2.05) is 0 Å². The number of nitro groups is 1. The number of hydrogen-bond acceptors (Lipinski definition) is 4. The van der Waals surface area contributed by atoms with Gasteiger partial charge in [-0.1, -0.05) is 0 Å². The molecule has 6 heteroatoms. The number of primary amides is 1. The van der Waals surface area contributed by atoms with E-state index in [4.69, 9.17) is 5.73 Å². The van der Waals surface area contributed by atoms with E-state index in [9.17, 15) is 14.9 Å². The zero-order chi connectivity index (χ0) is 11.7. The molecule has 1 fully saturated rings. The van der Waals surface area contributed by atoms with E-state index >= 15 is 0 Å². The number of rotatable bonds is 4. The van der Waals surface area contributed by atoms with Crippen LogP contribution in [0.5, 0.6) is 0 Å². The zero-order valence-electron chi connectivity index (χ0n) is 8.47. The topological polar surface area (TPSA) is 98.3 Å². The Morgan fingerprint density at radius 1 is 1.50 bits per heavy atom. The van der Waals surface area contributed by atoms with Gasteiger partial charge in [-0.3, -0.25) is 14.9 Å². The Balaban J connectivity index is 2.35. The van der Waals surface area contributed by atoms with Crippen molar-refractivity contribution in [2.24, 2.45) is 5.73 Å². The molecule has 0 saturated heterocycles. The summed E-state index contributed by atoms with van der Waals surface area (Å²) in [5, 5.41) is 13.9. The summed E-state index contributed by atoms with van der Waals surface area (Å²) < 4.78 is 0. The van der Waals surface area contributed by atoms with Crippen LogP contribution < -0.4 is 11.1 Å². The van der Waals surface area contributed by atoms with Gasteiger partial charge in [0, 0.05) is 17.7 Å². The molecule has 2 rings (SSSR count). The Kier molecular flexibility index (Phi) is 2.47. The van der Waals surface area contributed by atoms with Crippen molar-refractivity contribution in [1.29, 1.82) is 0 Å². The highest BCUT2D eigenvalue weighted by Crippen LogP contribution is 2.31. The standard InChI is InChI=1S/C10H11N3O3/c11-10(14)6-1-4-8(12-7-2-3-7)9(5-6)13(15)16/h1,4-5,7,12H,2-3H2,(H2,11,14). The van der Waals surface area contributed by atoms with Crippen LogP contribution in [0.2, 0.25) is 0 Å². The number of nitrogens with one attached hydrogen (secondary N) is 1. The molecule has 1 aromatic rings. The summed E-state index contributed by atoms with van der Waals surface area (Å²) in [7, 11) is 0. The number of nitro benzene ring substituents is 1. The van der Waals surface area contributed by atoms with Crippen molar-refractivity contribution in [2.45, 2.75) is 18.9 Å². The maximum Gasteiger partial charge on any atom is 0.293 e. The van der Waals surface area contributed by atoms with Crippen LogP contribution in [0.1, 0.15) is 23.2 Å². The smallest absolute Gasteiger partial charge is 0.293 e. The molecule has 3 N–H and O–H groups in total. The summed E-state index contributed by atoms with van der Waals surface area (Å²) >= 11 is 0. The molecule has 0 radical (unpaired) electrons. The first-order chi connectivity index (χ1) is 7.58. The first kappa shape index (κ1) is 10.4. The van der Waals surface area contributed by atoms with Crippen molar-refractivity contribution < 1.29 is 9.72 Å². The molecular weight excluding hydrogens is 210 g/mol. The molecule has 0 aliphatic heterocycles. The summed E-state index contributed by atoms with van der Waals surface area (Å²) in [4.78, 5) is 21.2. The van der Waals surface area contributed by atoms with E-state index < -0.39 is 10.8 Å². The van der Waals surface area contributed by atoms with Crippen molar-refractivity contribution in [2.75, 3.05) is 5.32 Å². The molecule has 0 spiro atoms. The second kappa shape index (κ2) is 3.80. The minimum absolute atomic E-state index is 0.108. The molecule has 1 aromatic carbocycles. The molecule has 1 aliphatic rings. The van der Waals surface area contributed by atoms with Crippen molar-refractivity contribution in [3.05, 3.63) is 33.9 Å². The number of amides is 1. The SMILES string of the molecule is NC(=O)c1ccc(NC2CC2)c([N+](=O)[O-])c1. The summed E-state index contributed by atoms with van der Waals surface area (Å²) in [5.74, 6) is -0.666. The van der Waals surface area contributed by atoms with E-state index in [0.29, 0.717) is 11.7 Å². The van der Waals surface area contributed by atoms with E-state index in [1.54, 1.807) is 0 Å². The van der Waals surface area contributed by atoms with E-state index in [0.717, 1.165) is 12.8 Å². The van der Waals surface area contributed by atoms with Gasteiger partial charge in [0.2, 0.25) is 5.91 Å². The van der Waals surface area contributed by atoms with Gasteiger partial charge >= 0.3 is 0 Å². The van der Waals surface area contributed by atoms with Gasteiger partial charge in [-0.05, 0) is 25.0 Å². The van der Waals surface area contributed by atoms with Crippen molar-refractivity contribution in [3.8, 4) is 0 Å². The number of carbonyl (C=O) groups excluding carboxylic acids is 1. The highest BCUT2D eigenvalue weighted by atomic mass is 16.6. The molecular formula is C10H11N3O3. The van der Waals surface area contributed by atoms with Crippen LogP contribution in [0, 0.1) is 10.1 Å². The molecule has 0 aromatic heterocycles. The van der Waals surface area contributed by atoms with Gasteiger partial charge in [0.1, 0.15) is 5.69 Å². The number of nitrogens with two attached hydrogens (primary N) is 1. The Hall–Kier alpha value is -2.11. The van der Waals surface area contributed by atoms with E-state index in [-0.39, 0.29) is 11.3 Å². The van der Waals surface area contributed by atoms with Gasteiger partial charge in [-0.15, -0.1) is 0 Å². The molecule has 0 unspecified atom stereocenters. The van der Waals surface area contributed by atoms with Gasteiger partial charge < -0.3 is 11.1 Å². The van der Waals surface area contributed by atoms with Crippen molar-refractivity contribution in [3.63, 3.8) is 0 Å². The van der Waals surface area contributed by atoms with E-state index in [1.165, 1.54) is 18.2 Å². The number of carbonyl (C=O) groups is 1. The van der Waals surface area contributed by atoms with Crippen LogP contribution in [0.4, 0.5) is 11.4 Å². The van der Waals surface area contributed by atoms with Crippen molar-refractivity contribution in [1.82, 2.24) is 0 Å². The molecule has 1 aliphatic carbocycles. The molecule has 84 valence electrons. The van der Waals surface area contributed by atoms with E-state index in [2.05, 4.69) is 5.32 Å². The Labute approximate surface area is 91.6 Å². The Bertz CT molecular complexity index is 455. The second-order valence-electron chi connectivity index (χ2n) is 3.77. The number of hydrogen-bond donors (Lipinski definition) is 2. The highest BCUT2D eigenvalue weighted by Gasteiger charge is 2.25. The minimum atomic E-state index is -0.666. The fraction of sp³-hybridized carbons (Fsp3) is 0.300. The third-order valence-electron chi connectivity index (χ3n) is 2.42. The van der Waals surface area contributed by atoms with Gasteiger partial charge in [-0.25, -0.2) is 0 Å². The zero-order valence-corrected chi connectivity index (χ0v) is 8.47. The number of nitrogens with zero attached hydrogens (tertiary/aromatic N) is 1. The lowest BCUT2D eigenvalue weighted by molar-refractivity contribution is -0.384. The maximum absolute atomic E-state index is 10.9. The quantitative estimate of drug-likeness (QED) is 0.590. The van der Waals surface area contributed by atoms with Crippen LogP contribution in [0.25, 0.3) is 0 Å². The molecule has 0 atom stereocenters. The van der Waals surface area contributed by atoms with Gasteiger partial charge in [0.05, 0.1) is 4.92 Å². The average Bonchev–Trinajstić information content (AvgIpc) is 3.01. The molecule has 0 bridgehead atoms. The predicted octanol–water partition coefficient (Wildman–Crippen LogP) is 1.27. The van der Waals surface area contributed by atoms with Gasteiger partial charge in [-0.2, -0.15) is 0 Å². The van der Waals surface area contributed by atoms with Crippen molar-refractivity contribution >= 4 is 17.3 Å². The molecule has 0 heterocycles. The largest absolute Gasteiger partial charge is 0.377 e. The first-order valence-corrected chi connectivity index (χ1v) is 4.92. The van der Waals surface area contributed by atoms with Gasteiger partial charge in [0.15, 0.2) is 0 Å². The van der Waals surface area contributed by atoms with Crippen LogP contribution in [0.3, 0.4) is 0 Å². The lowest BCUT2D eigenvalue weighted by atomic mass is 10.1. The predicted molar refractivity (Wildman–Crippen MR) is 58.3 cm³/mol. The molecule has 1 saturated carbocycles. The first-order valence-electron chi connectivity index (χ1n) is 4.92. The fourth-order valence-electron chi connectivity index (χ4n) is 1.41. The third kappa shape index (κ3) is 2.10.